The summed E-state index contributed by atoms with van der Waals surface area (Å²) < 4.78 is 7.09. The van der Waals surface area contributed by atoms with Gasteiger partial charge in [0.15, 0.2) is 5.11 Å². The van der Waals surface area contributed by atoms with Crippen LogP contribution in [0.1, 0.15) is 37.6 Å². The predicted molar refractivity (Wildman–Crippen MR) is 81.2 cm³/mol. The molecule has 0 bridgehead atoms. The minimum atomic E-state index is 0.153. The van der Waals surface area contributed by atoms with E-state index in [1.807, 2.05) is 31.8 Å². The summed E-state index contributed by atoms with van der Waals surface area (Å²) in [5.74, 6) is 0. The Morgan fingerprint density at radius 1 is 1.58 bits per heavy atom. The number of hydrogen-bond donors (Lipinski definition) is 2. The normalized spacial score (nSPS) is 12.2. The Morgan fingerprint density at radius 3 is 2.89 bits per heavy atom. The largest absolute Gasteiger partial charge is 0.382 e. The highest BCUT2D eigenvalue weighted by molar-refractivity contribution is 7.80. The minimum Gasteiger partial charge on any atom is -0.382 e. The fraction of sp³-hybridized carbons (Fsp3) is 0.692. The monoisotopic (exact) mass is 284 g/mol. The second-order valence-corrected chi connectivity index (χ2v) is 4.92. The molecular weight excluding hydrogens is 260 g/mol. The first-order chi connectivity index (χ1) is 9.04. The molecule has 0 fully saturated rings. The van der Waals surface area contributed by atoms with Gasteiger partial charge in [0.1, 0.15) is 0 Å². The van der Waals surface area contributed by atoms with Crippen molar-refractivity contribution >= 4 is 17.3 Å². The number of hydrogen-bond acceptors (Lipinski definition) is 3. The standard InChI is InChI=1S/C13H24N4OS/c1-5-18-8-6-7-14-13(19)15-10(2)12-9-17(4)16-11(12)3/h9-10H,5-8H2,1-4H3,(H2,14,15,19). The first-order valence-electron chi connectivity index (χ1n) is 6.66. The molecule has 1 heterocycles. The van der Waals surface area contributed by atoms with Crippen LogP contribution in [0.25, 0.3) is 0 Å². The Labute approximate surface area is 120 Å². The van der Waals surface area contributed by atoms with E-state index in [0.717, 1.165) is 31.9 Å². The zero-order valence-corrected chi connectivity index (χ0v) is 13.0. The van der Waals surface area contributed by atoms with Gasteiger partial charge in [0.2, 0.25) is 0 Å². The van der Waals surface area contributed by atoms with Gasteiger partial charge in [0.05, 0.1) is 11.7 Å². The van der Waals surface area contributed by atoms with Crippen molar-refractivity contribution in [3.63, 3.8) is 0 Å². The highest BCUT2D eigenvalue weighted by Gasteiger charge is 2.12. The molecule has 1 rings (SSSR count). The summed E-state index contributed by atoms with van der Waals surface area (Å²) in [6.45, 7) is 8.44. The maximum absolute atomic E-state index is 5.27. The molecular formula is C13H24N4OS. The molecule has 0 aliphatic heterocycles. The van der Waals surface area contributed by atoms with Crippen molar-refractivity contribution in [2.75, 3.05) is 19.8 Å². The highest BCUT2D eigenvalue weighted by Crippen LogP contribution is 2.14. The number of thiocarbonyl (C=S) groups is 1. The molecule has 0 saturated carbocycles. The summed E-state index contributed by atoms with van der Waals surface area (Å²) in [7, 11) is 1.92. The number of aromatic nitrogens is 2. The number of nitrogens with zero attached hydrogens (tertiary/aromatic N) is 2. The van der Waals surface area contributed by atoms with Crippen molar-refractivity contribution in [3.8, 4) is 0 Å². The Balaban J connectivity index is 2.30. The lowest BCUT2D eigenvalue weighted by Crippen LogP contribution is -2.37. The molecule has 1 aromatic heterocycles. The Hall–Kier alpha value is -1.14. The lowest BCUT2D eigenvalue weighted by molar-refractivity contribution is 0.145. The van der Waals surface area contributed by atoms with Gasteiger partial charge in [-0.3, -0.25) is 4.68 Å². The number of rotatable bonds is 7. The van der Waals surface area contributed by atoms with Crippen molar-refractivity contribution in [1.29, 1.82) is 0 Å². The quantitative estimate of drug-likeness (QED) is 0.589. The van der Waals surface area contributed by atoms with Crippen LogP contribution in [0.15, 0.2) is 6.20 Å². The zero-order chi connectivity index (χ0) is 14.3. The predicted octanol–water partition coefficient (Wildman–Crippen LogP) is 1.68. The van der Waals surface area contributed by atoms with Crippen molar-refractivity contribution in [2.24, 2.45) is 7.05 Å². The van der Waals surface area contributed by atoms with Crippen LogP contribution in [-0.2, 0) is 11.8 Å². The minimum absolute atomic E-state index is 0.153. The maximum Gasteiger partial charge on any atom is 0.166 e. The average molecular weight is 284 g/mol. The molecule has 6 heteroatoms. The molecule has 0 radical (unpaired) electrons. The third-order valence-corrected chi connectivity index (χ3v) is 3.08. The van der Waals surface area contributed by atoms with Gasteiger partial charge in [0.25, 0.3) is 0 Å². The summed E-state index contributed by atoms with van der Waals surface area (Å²) in [5, 5.41) is 11.5. The fourth-order valence-corrected chi connectivity index (χ4v) is 2.17. The second-order valence-electron chi connectivity index (χ2n) is 4.52. The second kappa shape index (κ2) is 8.12. The SMILES string of the molecule is CCOCCCNC(=S)NC(C)c1cn(C)nc1C. The van der Waals surface area contributed by atoms with Crippen LogP contribution in [0.4, 0.5) is 0 Å². The lowest BCUT2D eigenvalue weighted by Gasteiger charge is -2.16. The van der Waals surface area contributed by atoms with Crippen molar-refractivity contribution in [3.05, 3.63) is 17.5 Å². The summed E-state index contributed by atoms with van der Waals surface area (Å²) in [4.78, 5) is 0. The van der Waals surface area contributed by atoms with Gasteiger partial charge in [-0.05, 0) is 39.4 Å². The van der Waals surface area contributed by atoms with Gasteiger partial charge in [-0.2, -0.15) is 5.10 Å². The van der Waals surface area contributed by atoms with E-state index >= 15 is 0 Å². The van der Waals surface area contributed by atoms with Gasteiger partial charge in [-0.1, -0.05) is 0 Å². The number of nitrogens with one attached hydrogen (secondary N) is 2. The van der Waals surface area contributed by atoms with Crippen LogP contribution in [0.3, 0.4) is 0 Å². The van der Waals surface area contributed by atoms with E-state index in [2.05, 4.69) is 22.7 Å². The first-order valence-corrected chi connectivity index (χ1v) is 7.07. The topological polar surface area (TPSA) is 51.1 Å². The van der Waals surface area contributed by atoms with Crippen LogP contribution in [-0.4, -0.2) is 34.7 Å². The van der Waals surface area contributed by atoms with Crippen molar-refractivity contribution < 1.29 is 4.74 Å². The van der Waals surface area contributed by atoms with Crippen LogP contribution < -0.4 is 10.6 Å². The summed E-state index contributed by atoms with van der Waals surface area (Å²) in [5.41, 5.74) is 2.20. The van der Waals surface area contributed by atoms with Crippen LogP contribution in [0, 0.1) is 6.92 Å². The molecule has 1 unspecified atom stereocenters. The van der Waals surface area contributed by atoms with E-state index in [0.29, 0.717) is 5.11 Å². The highest BCUT2D eigenvalue weighted by atomic mass is 32.1. The third kappa shape index (κ3) is 5.57. The van der Waals surface area contributed by atoms with Crippen LogP contribution in [0.2, 0.25) is 0 Å². The smallest absolute Gasteiger partial charge is 0.166 e. The molecule has 5 nitrogen and oxygen atoms in total. The maximum atomic E-state index is 5.27. The lowest BCUT2D eigenvalue weighted by atomic mass is 10.1. The molecule has 1 aromatic rings. The van der Waals surface area contributed by atoms with Crippen molar-refractivity contribution in [1.82, 2.24) is 20.4 Å². The molecule has 0 aliphatic carbocycles. The van der Waals surface area contributed by atoms with Gasteiger partial charge in [0, 0.05) is 38.6 Å². The zero-order valence-electron chi connectivity index (χ0n) is 12.2. The van der Waals surface area contributed by atoms with E-state index in [9.17, 15) is 0 Å². The van der Waals surface area contributed by atoms with Crippen LogP contribution >= 0.6 is 12.2 Å². The molecule has 0 aromatic carbocycles. The molecule has 0 aliphatic rings. The molecule has 2 N–H and O–H groups in total. The first kappa shape index (κ1) is 15.9. The Morgan fingerprint density at radius 2 is 2.32 bits per heavy atom. The van der Waals surface area contributed by atoms with E-state index in [-0.39, 0.29) is 6.04 Å². The molecule has 0 saturated heterocycles. The molecule has 0 amide bonds. The van der Waals surface area contributed by atoms with Gasteiger partial charge >= 0.3 is 0 Å². The van der Waals surface area contributed by atoms with Gasteiger partial charge in [-0.25, -0.2) is 0 Å². The summed E-state index contributed by atoms with van der Waals surface area (Å²) >= 11 is 5.27. The third-order valence-electron chi connectivity index (χ3n) is 2.82. The van der Waals surface area contributed by atoms with E-state index in [1.54, 1.807) is 0 Å². The molecule has 19 heavy (non-hydrogen) atoms. The van der Waals surface area contributed by atoms with Crippen LogP contribution in [0.5, 0.6) is 0 Å². The summed E-state index contributed by atoms with van der Waals surface area (Å²) in [6, 6.07) is 0.153. The van der Waals surface area contributed by atoms with Gasteiger partial charge in [-0.15, -0.1) is 0 Å². The average Bonchev–Trinajstić information content (AvgIpc) is 2.68. The number of ether oxygens (including phenoxy) is 1. The molecule has 1 atom stereocenters. The van der Waals surface area contributed by atoms with E-state index < -0.39 is 0 Å². The van der Waals surface area contributed by atoms with E-state index in [1.165, 1.54) is 5.56 Å². The Kier molecular flexibility index (Phi) is 6.80. The number of aryl methyl sites for hydroxylation is 2. The molecule has 108 valence electrons. The summed E-state index contributed by atoms with van der Waals surface area (Å²) in [6.07, 6.45) is 2.97. The van der Waals surface area contributed by atoms with Gasteiger partial charge < -0.3 is 15.4 Å². The van der Waals surface area contributed by atoms with E-state index in [4.69, 9.17) is 17.0 Å². The van der Waals surface area contributed by atoms with Crippen molar-refractivity contribution in [2.45, 2.75) is 33.2 Å². The fourth-order valence-electron chi connectivity index (χ4n) is 1.89. The Bertz CT molecular complexity index is 405. The molecule has 0 spiro atoms.